The van der Waals surface area contributed by atoms with Crippen molar-refractivity contribution in [2.24, 2.45) is 4.99 Å². The zero-order valence-corrected chi connectivity index (χ0v) is 9.32. The van der Waals surface area contributed by atoms with Crippen molar-refractivity contribution in [1.82, 2.24) is 9.97 Å². The van der Waals surface area contributed by atoms with Crippen molar-refractivity contribution in [3.05, 3.63) is 54.1 Å². The van der Waals surface area contributed by atoms with Crippen LogP contribution in [0.3, 0.4) is 0 Å². The number of benzene rings is 1. The molecule has 4 heteroatoms. The van der Waals surface area contributed by atoms with E-state index in [9.17, 15) is 5.11 Å². The molecule has 0 bridgehead atoms. The van der Waals surface area contributed by atoms with E-state index in [1.165, 1.54) is 0 Å². The molecule has 0 spiro atoms. The smallest absolute Gasteiger partial charge is 0.124 e. The highest BCUT2D eigenvalue weighted by molar-refractivity contribution is 5.83. The van der Waals surface area contributed by atoms with E-state index in [1.54, 1.807) is 36.9 Å². The predicted molar refractivity (Wildman–Crippen MR) is 66.3 cm³/mol. The van der Waals surface area contributed by atoms with E-state index in [4.69, 9.17) is 0 Å². The van der Waals surface area contributed by atoms with Crippen molar-refractivity contribution in [2.75, 3.05) is 6.54 Å². The van der Waals surface area contributed by atoms with Crippen molar-refractivity contribution in [1.29, 1.82) is 0 Å². The number of phenolic OH excluding ortho intramolecular Hbond substituents is 1. The second-order valence-electron chi connectivity index (χ2n) is 3.54. The first-order chi connectivity index (χ1) is 8.36. The van der Waals surface area contributed by atoms with E-state index in [-0.39, 0.29) is 5.75 Å². The Morgan fingerprint density at radius 1 is 1.24 bits per heavy atom. The number of para-hydroxylation sites is 1. The maximum absolute atomic E-state index is 9.51. The summed E-state index contributed by atoms with van der Waals surface area (Å²) in [6.07, 6.45) is 7.47. The SMILES string of the molecule is Oc1ccccc1C=NCCc1cnccn1. The molecule has 1 aromatic carbocycles. The third-order valence-corrected chi connectivity index (χ3v) is 2.28. The first-order valence-corrected chi connectivity index (χ1v) is 5.39. The summed E-state index contributed by atoms with van der Waals surface area (Å²) < 4.78 is 0. The van der Waals surface area contributed by atoms with Crippen LogP contribution in [0.15, 0.2) is 47.8 Å². The van der Waals surface area contributed by atoms with E-state index < -0.39 is 0 Å². The summed E-state index contributed by atoms with van der Waals surface area (Å²) in [4.78, 5) is 12.4. The van der Waals surface area contributed by atoms with Gasteiger partial charge < -0.3 is 5.11 Å². The molecule has 1 aromatic heterocycles. The van der Waals surface area contributed by atoms with Crippen LogP contribution in [0.1, 0.15) is 11.3 Å². The molecule has 0 saturated carbocycles. The van der Waals surface area contributed by atoms with E-state index in [0.717, 1.165) is 17.7 Å². The molecular weight excluding hydrogens is 214 g/mol. The highest BCUT2D eigenvalue weighted by atomic mass is 16.3. The Morgan fingerprint density at radius 3 is 2.88 bits per heavy atom. The number of rotatable bonds is 4. The highest BCUT2D eigenvalue weighted by Gasteiger charge is 1.95. The van der Waals surface area contributed by atoms with Gasteiger partial charge in [0.15, 0.2) is 0 Å². The van der Waals surface area contributed by atoms with Crippen LogP contribution in [-0.2, 0) is 6.42 Å². The van der Waals surface area contributed by atoms with Crippen molar-refractivity contribution < 1.29 is 5.11 Å². The summed E-state index contributed by atoms with van der Waals surface area (Å²) in [5.41, 5.74) is 1.65. The van der Waals surface area contributed by atoms with Gasteiger partial charge in [0.2, 0.25) is 0 Å². The Bertz CT molecular complexity index is 497. The first kappa shape index (κ1) is 11.3. The molecule has 1 N–H and O–H groups in total. The van der Waals surface area contributed by atoms with Crippen LogP contribution in [0.2, 0.25) is 0 Å². The molecule has 0 atom stereocenters. The van der Waals surface area contributed by atoms with Crippen molar-refractivity contribution >= 4 is 6.21 Å². The third kappa shape index (κ3) is 3.38. The standard InChI is InChI=1S/C13H13N3O/c17-13-4-2-1-3-11(13)9-14-6-5-12-10-15-7-8-16-12/h1-4,7-10,17H,5-6H2. The molecule has 0 saturated heterocycles. The Kier molecular flexibility index (Phi) is 3.81. The molecule has 0 amide bonds. The van der Waals surface area contributed by atoms with Gasteiger partial charge in [-0.05, 0) is 12.1 Å². The number of hydrogen-bond acceptors (Lipinski definition) is 4. The van der Waals surface area contributed by atoms with Crippen LogP contribution in [0.25, 0.3) is 0 Å². The van der Waals surface area contributed by atoms with Crippen LogP contribution in [-0.4, -0.2) is 27.8 Å². The van der Waals surface area contributed by atoms with Gasteiger partial charge in [-0.2, -0.15) is 0 Å². The van der Waals surface area contributed by atoms with Gasteiger partial charge in [0.1, 0.15) is 5.75 Å². The van der Waals surface area contributed by atoms with Crippen LogP contribution >= 0.6 is 0 Å². The van der Waals surface area contributed by atoms with Crippen molar-refractivity contribution in [3.63, 3.8) is 0 Å². The molecule has 0 aliphatic rings. The minimum absolute atomic E-state index is 0.246. The molecule has 0 aliphatic heterocycles. The predicted octanol–water partition coefficient (Wildman–Crippen LogP) is 1.84. The normalized spacial score (nSPS) is 10.8. The Hall–Kier alpha value is -2.23. The third-order valence-electron chi connectivity index (χ3n) is 2.28. The van der Waals surface area contributed by atoms with Gasteiger partial charge >= 0.3 is 0 Å². The second kappa shape index (κ2) is 5.75. The molecule has 1 heterocycles. The van der Waals surface area contributed by atoms with E-state index in [2.05, 4.69) is 15.0 Å². The van der Waals surface area contributed by atoms with Gasteiger partial charge in [-0.3, -0.25) is 15.0 Å². The van der Waals surface area contributed by atoms with Crippen molar-refractivity contribution in [3.8, 4) is 5.75 Å². The van der Waals surface area contributed by atoms with Gasteiger partial charge in [-0.25, -0.2) is 0 Å². The Balaban J connectivity index is 1.89. The summed E-state index contributed by atoms with van der Waals surface area (Å²) in [6.45, 7) is 0.632. The number of hydrogen-bond donors (Lipinski definition) is 1. The lowest BCUT2D eigenvalue weighted by Crippen LogP contribution is -1.94. The fourth-order valence-corrected chi connectivity index (χ4v) is 1.40. The maximum Gasteiger partial charge on any atom is 0.124 e. The Morgan fingerprint density at radius 2 is 2.12 bits per heavy atom. The maximum atomic E-state index is 9.51. The van der Waals surface area contributed by atoms with Crippen molar-refractivity contribution in [2.45, 2.75) is 6.42 Å². The van der Waals surface area contributed by atoms with Gasteiger partial charge in [0, 0.05) is 43.3 Å². The van der Waals surface area contributed by atoms with Crippen LogP contribution in [0.4, 0.5) is 0 Å². The molecular formula is C13H13N3O. The molecule has 0 radical (unpaired) electrons. The molecule has 4 nitrogen and oxygen atoms in total. The summed E-state index contributed by atoms with van der Waals surface area (Å²) >= 11 is 0. The number of aromatic nitrogens is 2. The second-order valence-corrected chi connectivity index (χ2v) is 3.54. The lowest BCUT2D eigenvalue weighted by molar-refractivity contribution is 0.474. The van der Waals surface area contributed by atoms with Gasteiger partial charge in [0.05, 0.1) is 5.69 Å². The molecule has 17 heavy (non-hydrogen) atoms. The quantitative estimate of drug-likeness (QED) is 0.811. The Labute approximate surface area is 99.7 Å². The van der Waals surface area contributed by atoms with E-state index >= 15 is 0 Å². The zero-order valence-electron chi connectivity index (χ0n) is 9.32. The highest BCUT2D eigenvalue weighted by Crippen LogP contribution is 2.12. The zero-order chi connectivity index (χ0) is 11.9. The molecule has 86 valence electrons. The number of nitrogens with zero attached hydrogens (tertiary/aromatic N) is 3. The fourth-order valence-electron chi connectivity index (χ4n) is 1.40. The number of aliphatic imine (C=N–C) groups is 1. The molecule has 0 fully saturated rings. The van der Waals surface area contributed by atoms with Gasteiger partial charge in [0.25, 0.3) is 0 Å². The molecule has 0 unspecified atom stereocenters. The lowest BCUT2D eigenvalue weighted by atomic mass is 10.2. The molecule has 0 aliphatic carbocycles. The van der Waals surface area contributed by atoms with Crippen LogP contribution in [0, 0.1) is 0 Å². The van der Waals surface area contributed by atoms with Gasteiger partial charge in [-0.15, -0.1) is 0 Å². The minimum Gasteiger partial charge on any atom is -0.507 e. The first-order valence-electron chi connectivity index (χ1n) is 5.39. The monoisotopic (exact) mass is 227 g/mol. The van der Waals surface area contributed by atoms with E-state index in [1.807, 2.05) is 12.1 Å². The van der Waals surface area contributed by atoms with E-state index in [0.29, 0.717) is 6.54 Å². The lowest BCUT2D eigenvalue weighted by Gasteiger charge is -1.97. The summed E-state index contributed by atoms with van der Waals surface area (Å²) in [5.74, 6) is 0.246. The summed E-state index contributed by atoms with van der Waals surface area (Å²) in [6, 6.07) is 7.11. The van der Waals surface area contributed by atoms with Crippen LogP contribution < -0.4 is 0 Å². The molecule has 2 rings (SSSR count). The summed E-state index contributed by atoms with van der Waals surface area (Å²) in [7, 11) is 0. The minimum atomic E-state index is 0.246. The number of aromatic hydroxyl groups is 1. The largest absolute Gasteiger partial charge is 0.507 e. The topological polar surface area (TPSA) is 58.4 Å². The fraction of sp³-hybridized carbons (Fsp3) is 0.154. The van der Waals surface area contributed by atoms with Gasteiger partial charge in [-0.1, -0.05) is 12.1 Å². The average molecular weight is 227 g/mol. The van der Waals surface area contributed by atoms with Crippen LogP contribution in [0.5, 0.6) is 5.75 Å². The average Bonchev–Trinajstić information content (AvgIpc) is 2.38. The molecule has 2 aromatic rings. The summed E-state index contributed by atoms with van der Waals surface area (Å²) in [5, 5.41) is 9.51. The number of phenols is 1.